The van der Waals surface area contributed by atoms with Gasteiger partial charge >= 0.3 is 0 Å². The van der Waals surface area contributed by atoms with Crippen molar-refractivity contribution in [1.29, 1.82) is 0 Å². The van der Waals surface area contributed by atoms with E-state index in [4.69, 9.17) is 9.47 Å². The molecule has 0 aromatic heterocycles. The molecule has 0 saturated heterocycles. The van der Waals surface area contributed by atoms with Crippen LogP contribution < -0.4 is 10.6 Å². The Morgan fingerprint density at radius 2 is 1.35 bits per heavy atom. The van der Waals surface area contributed by atoms with Crippen molar-refractivity contribution in [2.45, 2.75) is 138 Å². The van der Waals surface area contributed by atoms with Gasteiger partial charge in [0.05, 0.1) is 11.2 Å². The first kappa shape index (κ1) is 35.8. The second kappa shape index (κ2) is 14.8. The lowest BCUT2D eigenvalue weighted by molar-refractivity contribution is -0.133. The molecular weight excluding hydrogens is 468 g/mol. The van der Waals surface area contributed by atoms with Crippen molar-refractivity contribution >= 4 is 11.8 Å². The molecule has 0 aromatic rings. The number of hydrogen-bond donors (Lipinski definition) is 3. The smallest absolute Gasteiger partial charge is 0.226 e. The summed E-state index contributed by atoms with van der Waals surface area (Å²) in [5, 5.41) is 15.8. The monoisotopic (exact) mass is 528 g/mol. The summed E-state index contributed by atoms with van der Waals surface area (Å²) < 4.78 is 12.1. The highest BCUT2D eigenvalue weighted by atomic mass is 16.5. The van der Waals surface area contributed by atoms with E-state index in [-0.39, 0.29) is 29.4 Å². The predicted octanol–water partition coefficient (Wildman–Crippen LogP) is 5.63. The summed E-state index contributed by atoms with van der Waals surface area (Å²) in [6, 6.07) is 0. The van der Waals surface area contributed by atoms with E-state index in [2.05, 4.69) is 24.5 Å². The molecule has 0 heterocycles. The maximum absolute atomic E-state index is 13.0. The van der Waals surface area contributed by atoms with Gasteiger partial charge in [-0.15, -0.1) is 0 Å². The molecule has 3 N–H and O–H groups in total. The Hall–Kier alpha value is -1.18. The maximum atomic E-state index is 13.0. The molecule has 0 aromatic carbocycles. The number of ether oxygens (including phenoxy) is 2. The van der Waals surface area contributed by atoms with Gasteiger partial charge in [0.1, 0.15) is 0 Å². The SMILES string of the molecule is CC(C)CCOC(C)(C)CCC(=O)NCCC(C)(C)OCCC(C)(C)NC(=O)C(C)(C)CC(C)(C)CO. The minimum Gasteiger partial charge on any atom is -0.396 e. The van der Waals surface area contributed by atoms with Crippen molar-refractivity contribution in [3.8, 4) is 0 Å². The molecule has 0 fully saturated rings. The number of amides is 2. The molecular formula is C30H60N2O5. The van der Waals surface area contributed by atoms with Crippen LogP contribution in [0.2, 0.25) is 0 Å². The molecule has 0 aliphatic heterocycles. The summed E-state index contributed by atoms with van der Waals surface area (Å²) in [5.74, 6) is 0.623. The lowest BCUT2D eigenvalue weighted by atomic mass is 9.74. The molecule has 0 rings (SSSR count). The van der Waals surface area contributed by atoms with Crippen LogP contribution in [0.4, 0.5) is 0 Å². The van der Waals surface area contributed by atoms with Crippen LogP contribution in [0.25, 0.3) is 0 Å². The fraction of sp³-hybridized carbons (Fsp3) is 0.933. The summed E-state index contributed by atoms with van der Waals surface area (Å²) in [7, 11) is 0. The summed E-state index contributed by atoms with van der Waals surface area (Å²) in [4.78, 5) is 25.3. The standard InChI is InChI=1S/C30H60N2O5/c1-23(2)14-19-36-29(9,10)15-13-24(34)31-18-16-30(11,12)37-20-17-28(7,8)32-25(35)27(5,6)21-26(3,4)22-33/h23,33H,13-22H2,1-12H3,(H,31,34)(H,32,35). The number of carbonyl (C=O) groups excluding carboxylic acids is 2. The van der Waals surface area contributed by atoms with Gasteiger partial charge < -0.3 is 25.2 Å². The summed E-state index contributed by atoms with van der Waals surface area (Å²) in [6.45, 7) is 26.1. The molecule has 0 saturated carbocycles. The van der Waals surface area contributed by atoms with E-state index in [0.717, 1.165) is 13.0 Å². The fourth-order valence-electron chi connectivity index (χ4n) is 4.18. The fourth-order valence-corrected chi connectivity index (χ4v) is 4.18. The third-order valence-corrected chi connectivity index (χ3v) is 6.83. The summed E-state index contributed by atoms with van der Waals surface area (Å²) >= 11 is 0. The molecule has 7 heteroatoms. The minimum atomic E-state index is -0.586. The lowest BCUT2D eigenvalue weighted by Gasteiger charge is -2.36. The van der Waals surface area contributed by atoms with E-state index >= 15 is 0 Å². The minimum absolute atomic E-state index is 0.0190. The van der Waals surface area contributed by atoms with E-state index in [1.54, 1.807) is 0 Å². The third kappa shape index (κ3) is 17.1. The zero-order chi connectivity index (χ0) is 29.1. The van der Waals surface area contributed by atoms with Crippen LogP contribution >= 0.6 is 0 Å². The summed E-state index contributed by atoms with van der Waals surface area (Å²) in [5.41, 5.74) is -2.02. The summed E-state index contributed by atoms with van der Waals surface area (Å²) in [6.07, 6.45) is 4.11. The van der Waals surface area contributed by atoms with Crippen molar-refractivity contribution < 1.29 is 24.2 Å². The second-order valence-corrected chi connectivity index (χ2v) is 14.5. The molecule has 2 amide bonds. The van der Waals surface area contributed by atoms with Gasteiger partial charge in [0.2, 0.25) is 11.8 Å². The average Bonchev–Trinajstić information content (AvgIpc) is 2.70. The molecule has 0 aliphatic rings. The normalized spacial score (nSPS) is 13.7. The molecule has 0 radical (unpaired) electrons. The van der Waals surface area contributed by atoms with Crippen LogP contribution in [-0.4, -0.2) is 60.0 Å². The van der Waals surface area contributed by atoms with E-state index in [9.17, 15) is 14.7 Å². The molecule has 0 spiro atoms. The maximum Gasteiger partial charge on any atom is 0.226 e. The van der Waals surface area contributed by atoms with Gasteiger partial charge in [-0.3, -0.25) is 9.59 Å². The molecule has 0 unspecified atom stereocenters. The van der Waals surface area contributed by atoms with Crippen molar-refractivity contribution in [3.05, 3.63) is 0 Å². The second-order valence-electron chi connectivity index (χ2n) is 14.5. The number of nitrogens with one attached hydrogen (secondary N) is 2. The number of carbonyl (C=O) groups is 2. The zero-order valence-electron chi connectivity index (χ0n) is 26.2. The van der Waals surface area contributed by atoms with Crippen molar-refractivity contribution in [2.75, 3.05) is 26.4 Å². The van der Waals surface area contributed by atoms with Crippen molar-refractivity contribution in [3.63, 3.8) is 0 Å². The van der Waals surface area contributed by atoms with E-state index in [1.807, 2.05) is 69.2 Å². The first-order chi connectivity index (χ1) is 16.6. The van der Waals surface area contributed by atoms with Crippen molar-refractivity contribution in [1.82, 2.24) is 10.6 Å². The number of aliphatic hydroxyl groups excluding tert-OH is 1. The van der Waals surface area contributed by atoms with Crippen LogP contribution in [0.1, 0.15) is 122 Å². The van der Waals surface area contributed by atoms with E-state index in [0.29, 0.717) is 51.2 Å². The van der Waals surface area contributed by atoms with Gasteiger partial charge in [0.25, 0.3) is 0 Å². The van der Waals surface area contributed by atoms with Gasteiger partial charge in [-0.25, -0.2) is 0 Å². The molecule has 0 atom stereocenters. The quantitative estimate of drug-likeness (QED) is 0.202. The van der Waals surface area contributed by atoms with Crippen LogP contribution in [-0.2, 0) is 19.1 Å². The number of aliphatic hydroxyl groups is 1. The highest BCUT2D eigenvalue weighted by Gasteiger charge is 2.36. The van der Waals surface area contributed by atoms with Gasteiger partial charge in [-0.2, -0.15) is 0 Å². The highest BCUT2D eigenvalue weighted by molar-refractivity contribution is 5.82. The topological polar surface area (TPSA) is 96.9 Å². The first-order valence-corrected chi connectivity index (χ1v) is 14.1. The predicted molar refractivity (Wildman–Crippen MR) is 152 cm³/mol. The Labute approximate surface area is 228 Å². The Morgan fingerprint density at radius 3 is 1.89 bits per heavy atom. The largest absolute Gasteiger partial charge is 0.396 e. The molecule has 220 valence electrons. The molecule has 7 nitrogen and oxygen atoms in total. The lowest BCUT2D eigenvalue weighted by Crippen LogP contribution is -2.50. The van der Waals surface area contributed by atoms with E-state index < -0.39 is 16.6 Å². The number of hydrogen-bond acceptors (Lipinski definition) is 5. The zero-order valence-corrected chi connectivity index (χ0v) is 26.2. The Morgan fingerprint density at radius 1 is 0.811 bits per heavy atom. The Kier molecular flexibility index (Phi) is 14.4. The Balaban J connectivity index is 4.42. The van der Waals surface area contributed by atoms with Gasteiger partial charge in [0, 0.05) is 43.7 Å². The molecule has 37 heavy (non-hydrogen) atoms. The average molecular weight is 529 g/mol. The van der Waals surface area contributed by atoms with Crippen molar-refractivity contribution in [2.24, 2.45) is 16.7 Å². The van der Waals surface area contributed by atoms with Crippen LogP contribution in [0.5, 0.6) is 0 Å². The van der Waals surface area contributed by atoms with Gasteiger partial charge in [-0.05, 0) is 85.0 Å². The molecule has 0 aliphatic carbocycles. The van der Waals surface area contributed by atoms with E-state index in [1.165, 1.54) is 0 Å². The first-order valence-electron chi connectivity index (χ1n) is 14.1. The Bertz CT molecular complexity index is 696. The van der Waals surface area contributed by atoms with Crippen LogP contribution in [0.3, 0.4) is 0 Å². The number of rotatable bonds is 19. The van der Waals surface area contributed by atoms with Crippen LogP contribution in [0.15, 0.2) is 0 Å². The van der Waals surface area contributed by atoms with Gasteiger partial charge in [0.15, 0.2) is 0 Å². The molecule has 0 bridgehead atoms. The van der Waals surface area contributed by atoms with Crippen LogP contribution in [0, 0.1) is 16.7 Å². The highest BCUT2D eigenvalue weighted by Crippen LogP contribution is 2.34. The van der Waals surface area contributed by atoms with Gasteiger partial charge in [-0.1, -0.05) is 41.5 Å². The third-order valence-electron chi connectivity index (χ3n) is 6.83.